The fraction of sp³-hybridized carbons (Fsp3) is 0.318. The Kier molecular flexibility index (Phi) is 5.74. The fourth-order valence-electron chi connectivity index (χ4n) is 3.05. The molecule has 1 amide bonds. The van der Waals surface area contributed by atoms with Gasteiger partial charge in [0.15, 0.2) is 0 Å². The maximum absolute atomic E-state index is 12.4. The molecule has 26 heavy (non-hydrogen) atoms. The second-order valence-electron chi connectivity index (χ2n) is 6.85. The number of furan rings is 1. The molecule has 0 aliphatic rings. The first-order valence-electron chi connectivity index (χ1n) is 9.11. The number of rotatable bonds is 7. The molecule has 0 aliphatic heterocycles. The standard InChI is InChI=1S/C22H26N2O2/c1-15(18-9-5-4-6-10-18)14-23-22(25)17(3)24-16(2)21-13-19-11-7-8-12-20(19)26-21/h4-13,15-17,24H,14H2,1-3H3,(H,23,25). The maximum Gasteiger partial charge on any atom is 0.236 e. The summed E-state index contributed by atoms with van der Waals surface area (Å²) >= 11 is 0. The number of para-hydroxylation sites is 1. The van der Waals surface area contributed by atoms with Gasteiger partial charge in [0.05, 0.1) is 12.1 Å². The summed E-state index contributed by atoms with van der Waals surface area (Å²) in [5.74, 6) is 1.11. The molecule has 0 fully saturated rings. The van der Waals surface area contributed by atoms with Crippen LogP contribution in [0.3, 0.4) is 0 Å². The van der Waals surface area contributed by atoms with Gasteiger partial charge in [-0.15, -0.1) is 0 Å². The molecular weight excluding hydrogens is 324 g/mol. The Bertz CT molecular complexity index is 824. The molecule has 3 unspecified atom stereocenters. The van der Waals surface area contributed by atoms with Crippen LogP contribution in [0.5, 0.6) is 0 Å². The predicted octanol–water partition coefficient (Wildman–Crippen LogP) is 4.39. The lowest BCUT2D eigenvalue weighted by atomic mass is 10.0. The van der Waals surface area contributed by atoms with Gasteiger partial charge >= 0.3 is 0 Å². The number of fused-ring (bicyclic) bond motifs is 1. The van der Waals surface area contributed by atoms with Gasteiger partial charge in [0.25, 0.3) is 0 Å². The highest BCUT2D eigenvalue weighted by Gasteiger charge is 2.19. The van der Waals surface area contributed by atoms with Gasteiger partial charge in [-0.3, -0.25) is 10.1 Å². The summed E-state index contributed by atoms with van der Waals surface area (Å²) in [6.45, 7) is 6.62. The zero-order chi connectivity index (χ0) is 18.5. The van der Waals surface area contributed by atoms with Crippen LogP contribution in [-0.2, 0) is 4.79 Å². The Morgan fingerprint density at radius 2 is 1.69 bits per heavy atom. The third kappa shape index (κ3) is 4.33. The van der Waals surface area contributed by atoms with E-state index in [2.05, 4.69) is 29.7 Å². The van der Waals surface area contributed by atoms with Crippen molar-refractivity contribution in [2.24, 2.45) is 0 Å². The summed E-state index contributed by atoms with van der Waals surface area (Å²) in [7, 11) is 0. The van der Waals surface area contributed by atoms with Crippen molar-refractivity contribution in [1.82, 2.24) is 10.6 Å². The van der Waals surface area contributed by atoms with Gasteiger partial charge in [-0.1, -0.05) is 55.5 Å². The lowest BCUT2D eigenvalue weighted by molar-refractivity contribution is -0.123. The third-order valence-corrected chi connectivity index (χ3v) is 4.72. The highest BCUT2D eigenvalue weighted by Crippen LogP contribution is 2.23. The summed E-state index contributed by atoms with van der Waals surface area (Å²) in [5, 5.41) is 7.42. The highest BCUT2D eigenvalue weighted by atomic mass is 16.3. The van der Waals surface area contributed by atoms with E-state index in [0.717, 1.165) is 16.7 Å². The van der Waals surface area contributed by atoms with Crippen LogP contribution >= 0.6 is 0 Å². The van der Waals surface area contributed by atoms with Crippen LogP contribution in [0.4, 0.5) is 0 Å². The monoisotopic (exact) mass is 350 g/mol. The smallest absolute Gasteiger partial charge is 0.236 e. The average molecular weight is 350 g/mol. The third-order valence-electron chi connectivity index (χ3n) is 4.72. The first-order valence-corrected chi connectivity index (χ1v) is 9.11. The highest BCUT2D eigenvalue weighted by molar-refractivity contribution is 5.81. The average Bonchev–Trinajstić information content (AvgIpc) is 3.10. The number of amides is 1. The summed E-state index contributed by atoms with van der Waals surface area (Å²) in [6.07, 6.45) is 0. The van der Waals surface area contributed by atoms with Gasteiger partial charge in [0.2, 0.25) is 5.91 Å². The van der Waals surface area contributed by atoms with Crippen molar-refractivity contribution in [3.63, 3.8) is 0 Å². The lowest BCUT2D eigenvalue weighted by Crippen LogP contribution is -2.44. The second-order valence-corrected chi connectivity index (χ2v) is 6.85. The molecule has 3 rings (SSSR count). The Morgan fingerprint density at radius 3 is 2.42 bits per heavy atom. The van der Waals surface area contributed by atoms with Crippen LogP contribution in [-0.4, -0.2) is 18.5 Å². The zero-order valence-electron chi connectivity index (χ0n) is 15.5. The van der Waals surface area contributed by atoms with Crippen LogP contribution in [0.15, 0.2) is 65.1 Å². The van der Waals surface area contributed by atoms with Gasteiger partial charge in [-0.25, -0.2) is 0 Å². The molecule has 1 aromatic heterocycles. The largest absolute Gasteiger partial charge is 0.459 e. The van der Waals surface area contributed by atoms with E-state index in [0.29, 0.717) is 6.54 Å². The first-order chi connectivity index (χ1) is 12.5. The van der Waals surface area contributed by atoms with Crippen molar-refractivity contribution in [1.29, 1.82) is 0 Å². The molecule has 0 saturated carbocycles. The fourth-order valence-corrected chi connectivity index (χ4v) is 3.05. The zero-order valence-corrected chi connectivity index (χ0v) is 15.5. The van der Waals surface area contributed by atoms with E-state index >= 15 is 0 Å². The maximum atomic E-state index is 12.4. The van der Waals surface area contributed by atoms with Crippen molar-refractivity contribution in [3.8, 4) is 0 Å². The van der Waals surface area contributed by atoms with Gasteiger partial charge in [-0.05, 0) is 37.5 Å². The summed E-state index contributed by atoms with van der Waals surface area (Å²) in [5.41, 5.74) is 2.09. The van der Waals surface area contributed by atoms with Crippen molar-refractivity contribution in [3.05, 3.63) is 72.0 Å². The van der Waals surface area contributed by atoms with Crippen molar-refractivity contribution >= 4 is 16.9 Å². The molecule has 136 valence electrons. The molecular formula is C22H26N2O2. The molecule has 1 heterocycles. The minimum Gasteiger partial charge on any atom is -0.459 e. The summed E-state index contributed by atoms with van der Waals surface area (Å²) in [4.78, 5) is 12.4. The van der Waals surface area contributed by atoms with Crippen LogP contribution in [0.1, 0.15) is 44.1 Å². The molecule has 2 aromatic carbocycles. The molecule has 0 radical (unpaired) electrons. The summed E-state index contributed by atoms with van der Waals surface area (Å²) in [6, 6.07) is 19.8. The second kappa shape index (κ2) is 8.19. The van der Waals surface area contributed by atoms with Gasteiger partial charge < -0.3 is 9.73 Å². The predicted molar refractivity (Wildman–Crippen MR) is 105 cm³/mol. The molecule has 3 aromatic rings. The minimum absolute atomic E-state index is 0.00394. The van der Waals surface area contributed by atoms with Gasteiger partial charge in [0, 0.05) is 11.9 Å². The van der Waals surface area contributed by atoms with Crippen LogP contribution in [0, 0.1) is 0 Å². The van der Waals surface area contributed by atoms with Crippen LogP contribution < -0.4 is 10.6 Å². The first kappa shape index (κ1) is 18.2. The number of hydrogen-bond acceptors (Lipinski definition) is 3. The summed E-state index contributed by atoms with van der Waals surface area (Å²) < 4.78 is 5.87. The Hall–Kier alpha value is -2.59. The van der Waals surface area contributed by atoms with Crippen molar-refractivity contribution < 1.29 is 9.21 Å². The van der Waals surface area contributed by atoms with E-state index in [1.54, 1.807) is 0 Å². The normalized spacial score (nSPS) is 14.7. The van der Waals surface area contributed by atoms with Gasteiger partial charge in [-0.2, -0.15) is 0 Å². The molecule has 2 N–H and O–H groups in total. The quantitative estimate of drug-likeness (QED) is 0.664. The molecule has 4 nitrogen and oxygen atoms in total. The number of carbonyl (C=O) groups excluding carboxylic acids is 1. The number of nitrogens with one attached hydrogen (secondary N) is 2. The molecule has 4 heteroatoms. The van der Waals surface area contributed by atoms with E-state index in [4.69, 9.17) is 4.42 Å². The Balaban J connectivity index is 1.53. The van der Waals surface area contributed by atoms with Gasteiger partial charge in [0.1, 0.15) is 11.3 Å². The van der Waals surface area contributed by atoms with E-state index in [9.17, 15) is 4.79 Å². The SMILES string of the molecule is CC(NC(C)c1cc2ccccc2o1)C(=O)NCC(C)c1ccccc1. The van der Waals surface area contributed by atoms with Crippen molar-refractivity contribution in [2.45, 2.75) is 38.8 Å². The Labute approximate surface area is 154 Å². The molecule has 3 atom stereocenters. The van der Waals surface area contributed by atoms with Crippen LogP contribution in [0.2, 0.25) is 0 Å². The molecule has 0 saturated heterocycles. The molecule has 0 spiro atoms. The van der Waals surface area contributed by atoms with E-state index < -0.39 is 0 Å². The lowest BCUT2D eigenvalue weighted by Gasteiger charge is -2.20. The van der Waals surface area contributed by atoms with E-state index in [1.807, 2.05) is 62.4 Å². The number of carbonyl (C=O) groups is 1. The van der Waals surface area contributed by atoms with E-state index in [1.165, 1.54) is 5.56 Å². The number of hydrogen-bond donors (Lipinski definition) is 2. The van der Waals surface area contributed by atoms with Crippen LogP contribution in [0.25, 0.3) is 11.0 Å². The van der Waals surface area contributed by atoms with Crippen molar-refractivity contribution in [2.75, 3.05) is 6.54 Å². The van der Waals surface area contributed by atoms with E-state index in [-0.39, 0.29) is 23.9 Å². The number of benzene rings is 2. The Morgan fingerprint density at radius 1 is 1.00 bits per heavy atom. The minimum atomic E-state index is -0.304. The topological polar surface area (TPSA) is 54.3 Å². The molecule has 0 aliphatic carbocycles. The molecule has 0 bridgehead atoms.